The number of aromatic amines is 1. The topological polar surface area (TPSA) is 70.7 Å². The molecule has 0 fully saturated rings. The Kier molecular flexibility index (Phi) is 5.52. The molecule has 1 amide bonds. The maximum absolute atomic E-state index is 14.4. The highest BCUT2D eigenvalue weighted by Crippen LogP contribution is 2.26. The fourth-order valence-corrected chi connectivity index (χ4v) is 4.09. The number of fused-ring (bicyclic) bond motifs is 2. The summed E-state index contributed by atoms with van der Waals surface area (Å²) in [7, 11) is 0. The number of rotatable bonds is 5. The van der Waals surface area contributed by atoms with Gasteiger partial charge in [0, 0.05) is 64.2 Å². The van der Waals surface area contributed by atoms with Gasteiger partial charge < -0.3 is 10.3 Å². The van der Waals surface area contributed by atoms with Crippen molar-refractivity contribution >= 4 is 39.3 Å². The van der Waals surface area contributed by atoms with E-state index < -0.39 is 5.82 Å². The number of hydrogen-bond acceptors (Lipinski definition) is 3. The van der Waals surface area contributed by atoms with Crippen LogP contribution in [0.25, 0.3) is 21.8 Å². The summed E-state index contributed by atoms with van der Waals surface area (Å²) >= 11 is 6.13. The van der Waals surface area contributed by atoms with Gasteiger partial charge in [0.1, 0.15) is 5.82 Å². The fraction of sp³-hybridized carbons (Fsp3) is 0.115. The first kappa shape index (κ1) is 21.1. The lowest BCUT2D eigenvalue weighted by Gasteiger charge is -2.09. The van der Waals surface area contributed by atoms with Gasteiger partial charge in [-0.05, 0) is 55.0 Å². The molecule has 33 heavy (non-hydrogen) atoms. The van der Waals surface area contributed by atoms with Crippen molar-refractivity contribution in [3.63, 3.8) is 0 Å². The molecule has 0 spiro atoms. The van der Waals surface area contributed by atoms with E-state index in [1.54, 1.807) is 30.6 Å². The first-order chi connectivity index (χ1) is 16.0. The number of aryl methyl sites for hydroxylation is 1. The Morgan fingerprint density at radius 1 is 1.12 bits per heavy atom. The van der Waals surface area contributed by atoms with E-state index in [1.165, 1.54) is 6.07 Å². The largest absolute Gasteiger partial charge is 0.360 e. The van der Waals surface area contributed by atoms with Crippen molar-refractivity contribution < 1.29 is 9.18 Å². The summed E-state index contributed by atoms with van der Waals surface area (Å²) in [6, 6.07) is 16.6. The third-order valence-electron chi connectivity index (χ3n) is 5.59. The number of benzene rings is 2. The van der Waals surface area contributed by atoms with Crippen LogP contribution in [-0.4, -0.2) is 20.9 Å². The Balaban J connectivity index is 1.30. The van der Waals surface area contributed by atoms with Crippen molar-refractivity contribution in [2.75, 3.05) is 0 Å². The number of aromatic nitrogens is 3. The number of halogens is 2. The highest BCUT2D eigenvalue weighted by molar-refractivity contribution is 6.35. The molecule has 0 radical (unpaired) electrons. The van der Waals surface area contributed by atoms with Gasteiger partial charge in [-0.15, -0.1) is 0 Å². The Bertz CT molecular complexity index is 1510. The fourth-order valence-electron chi connectivity index (χ4n) is 3.88. The molecule has 164 valence electrons. The minimum Gasteiger partial charge on any atom is -0.360 e. The van der Waals surface area contributed by atoms with Gasteiger partial charge in [0.2, 0.25) is 0 Å². The summed E-state index contributed by atoms with van der Waals surface area (Å²) in [5, 5.41) is 5.08. The van der Waals surface area contributed by atoms with Crippen LogP contribution in [0.4, 0.5) is 4.39 Å². The number of hydrogen-bond donors (Lipinski definition) is 2. The summed E-state index contributed by atoms with van der Waals surface area (Å²) in [4.78, 5) is 24.6. The van der Waals surface area contributed by atoms with E-state index in [1.807, 2.05) is 25.1 Å². The van der Waals surface area contributed by atoms with Crippen LogP contribution >= 0.6 is 11.6 Å². The predicted molar refractivity (Wildman–Crippen MR) is 128 cm³/mol. The number of carbonyl (C=O) groups excluding carboxylic acids is 1. The minimum atomic E-state index is -0.405. The smallest absolute Gasteiger partial charge is 0.251 e. The van der Waals surface area contributed by atoms with Crippen molar-refractivity contribution in [2.45, 2.75) is 19.9 Å². The van der Waals surface area contributed by atoms with Crippen molar-refractivity contribution in [1.82, 2.24) is 20.3 Å². The van der Waals surface area contributed by atoms with Crippen molar-refractivity contribution in [3.05, 3.63) is 106 Å². The number of carbonyl (C=O) groups is 1. The number of H-pyrrole nitrogens is 1. The molecule has 0 aliphatic carbocycles. The quantitative estimate of drug-likeness (QED) is 0.353. The molecule has 5 aromatic rings. The summed E-state index contributed by atoms with van der Waals surface area (Å²) in [5.41, 5.74) is 5.24. The van der Waals surface area contributed by atoms with E-state index in [0.29, 0.717) is 33.5 Å². The maximum atomic E-state index is 14.4. The average Bonchev–Trinajstić information content (AvgIpc) is 3.17. The molecule has 5 nitrogen and oxygen atoms in total. The molecule has 2 aromatic carbocycles. The highest BCUT2D eigenvalue weighted by atomic mass is 35.5. The van der Waals surface area contributed by atoms with Crippen LogP contribution in [0.5, 0.6) is 0 Å². The number of nitrogens with one attached hydrogen (secondary N) is 2. The summed E-state index contributed by atoms with van der Waals surface area (Å²) in [5.74, 6) is -0.700. The van der Waals surface area contributed by atoms with Crippen LogP contribution < -0.4 is 5.32 Å². The van der Waals surface area contributed by atoms with Crippen LogP contribution in [0.1, 0.15) is 32.9 Å². The van der Waals surface area contributed by atoms with Crippen molar-refractivity contribution in [2.24, 2.45) is 0 Å². The van der Waals surface area contributed by atoms with Gasteiger partial charge >= 0.3 is 0 Å². The molecule has 3 heterocycles. The molecule has 0 atom stereocenters. The van der Waals surface area contributed by atoms with Crippen LogP contribution in [0.3, 0.4) is 0 Å². The highest BCUT2D eigenvalue weighted by Gasteiger charge is 2.12. The first-order valence-corrected chi connectivity index (χ1v) is 10.9. The molecule has 5 rings (SSSR count). The van der Waals surface area contributed by atoms with Crippen LogP contribution in [-0.2, 0) is 13.0 Å². The monoisotopic (exact) mass is 458 g/mol. The van der Waals surface area contributed by atoms with E-state index in [9.17, 15) is 9.18 Å². The first-order valence-electron chi connectivity index (χ1n) is 10.5. The molecular formula is C26H20ClFN4O. The lowest BCUT2D eigenvalue weighted by Crippen LogP contribution is -2.23. The molecule has 3 aromatic heterocycles. The average molecular weight is 459 g/mol. The Hall–Kier alpha value is -3.77. The normalized spacial score (nSPS) is 11.2. The molecule has 7 heteroatoms. The number of nitrogens with zero attached hydrogens (tertiary/aromatic N) is 2. The molecule has 2 N–H and O–H groups in total. The van der Waals surface area contributed by atoms with Crippen LogP contribution in [0, 0.1) is 12.7 Å². The molecular weight excluding hydrogens is 439 g/mol. The van der Waals surface area contributed by atoms with Crippen molar-refractivity contribution in [1.29, 1.82) is 0 Å². The summed E-state index contributed by atoms with van der Waals surface area (Å²) < 4.78 is 14.4. The van der Waals surface area contributed by atoms with Gasteiger partial charge in [-0.3, -0.25) is 14.8 Å². The lowest BCUT2D eigenvalue weighted by atomic mass is 10.0. The van der Waals surface area contributed by atoms with E-state index >= 15 is 0 Å². The maximum Gasteiger partial charge on any atom is 0.251 e. The second-order valence-corrected chi connectivity index (χ2v) is 8.41. The Morgan fingerprint density at radius 3 is 2.88 bits per heavy atom. The zero-order chi connectivity index (χ0) is 22.9. The van der Waals surface area contributed by atoms with Gasteiger partial charge in [0.15, 0.2) is 0 Å². The van der Waals surface area contributed by atoms with Gasteiger partial charge in [0.05, 0.1) is 10.5 Å². The second kappa shape index (κ2) is 8.64. The molecule has 0 saturated heterocycles. The molecule has 0 bridgehead atoms. The predicted octanol–water partition coefficient (Wildman–Crippen LogP) is 5.73. The summed E-state index contributed by atoms with van der Waals surface area (Å²) in [6.45, 7) is 2.02. The standard InChI is InChI=1S/C26H20ClFN4O/c1-15-2-4-17-8-16(3-5-24(17)32-15)9-20-10-18(6-7-29-20)26(33)31-13-19-11-21-22(27)14-30-25(21)12-23(19)28/h2-8,10-12,14,30H,9,13H2,1H3,(H,31,33). The SMILES string of the molecule is Cc1ccc2cc(Cc3cc(C(=O)NCc4cc5c(Cl)c[nH]c5cc4F)ccn3)ccc2n1. The lowest BCUT2D eigenvalue weighted by molar-refractivity contribution is 0.0950. The second-order valence-electron chi connectivity index (χ2n) is 8.00. The molecule has 0 aliphatic heterocycles. The molecule has 0 unspecified atom stereocenters. The van der Waals surface area contributed by atoms with Gasteiger partial charge in [-0.25, -0.2) is 4.39 Å². The molecule has 0 aliphatic rings. The van der Waals surface area contributed by atoms with Crippen LogP contribution in [0.2, 0.25) is 5.02 Å². The van der Waals surface area contributed by atoms with Gasteiger partial charge in [-0.1, -0.05) is 23.7 Å². The Labute approximate surface area is 194 Å². The zero-order valence-corrected chi connectivity index (χ0v) is 18.6. The third-order valence-corrected chi connectivity index (χ3v) is 5.91. The van der Waals surface area contributed by atoms with Gasteiger partial charge in [-0.2, -0.15) is 0 Å². The van der Waals surface area contributed by atoms with Crippen molar-refractivity contribution in [3.8, 4) is 0 Å². The van der Waals surface area contributed by atoms with Gasteiger partial charge in [0.25, 0.3) is 5.91 Å². The Morgan fingerprint density at radius 2 is 2.00 bits per heavy atom. The summed E-state index contributed by atoms with van der Waals surface area (Å²) in [6.07, 6.45) is 3.81. The van der Waals surface area contributed by atoms with E-state index in [0.717, 1.165) is 27.9 Å². The van der Waals surface area contributed by atoms with Crippen LogP contribution in [0.15, 0.2) is 67.0 Å². The van der Waals surface area contributed by atoms with E-state index in [4.69, 9.17) is 11.6 Å². The third kappa shape index (κ3) is 4.43. The van der Waals surface area contributed by atoms with E-state index in [-0.39, 0.29) is 12.5 Å². The zero-order valence-electron chi connectivity index (χ0n) is 17.8. The van der Waals surface area contributed by atoms with E-state index in [2.05, 4.69) is 32.4 Å². The number of pyridine rings is 2. The minimum absolute atomic E-state index is 0.0524. The number of amides is 1. The molecule has 0 saturated carbocycles.